The number of aliphatic hydroxyl groups is 1. The van der Waals surface area contributed by atoms with E-state index in [1.54, 1.807) is 0 Å². The Labute approximate surface area is 108 Å². The van der Waals surface area contributed by atoms with Gasteiger partial charge in [-0.15, -0.1) is 0 Å². The van der Waals surface area contributed by atoms with Crippen LogP contribution in [0, 0.1) is 5.92 Å². The van der Waals surface area contributed by atoms with Crippen molar-refractivity contribution in [2.45, 2.75) is 6.54 Å². The van der Waals surface area contributed by atoms with Crippen molar-refractivity contribution in [3.05, 3.63) is 34.5 Å². The highest BCUT2D eigenvalue weighted by atomic mass is 79.9. The van der Waals surface area contributed by atoms with Crippen molar-refractivity contribution >= 4 is 26.9 Å². The van der Waals surface area contributed by atoms with E-state index in [0.717, 1.165) is 40.8 Å². The molecule has 3 rings (SSSR count). The van der Waals surface area contributed by atoms with Crippen molar-refractivity contribution in [3.8, 4) is 0 Å². The molecule has 1 fully saturated rings. The molecule has 0 bridgehead atoms. The van der Waals surface area contributed by atoms with Gasteiger partial charge < -0.3 is 9.52 Å². The molecule has 3 nitrogen and oxygen atoms in total. The van der Waals surface area contributed by atoms with Crippen LogP contribution in [0.1, 0.15) is 5.76 Å². The average molecular weight is 296 g/mol. The second-order valence-corrected chi connectivity index (χ2v) is 5.47. The van der Waals surface area contributed by atoms with Crippen LogP contribution >= 0.6 is 15.9 Å². The maximum absolute atomic E-state index is 8.96. The third-order valence-electron chi connectivity index (χ3n) is 3.22. The van der Waals surface area contributed by atoms with E-state index in [9.17, 15) is 0 Å². The van der Waals surface area contributed by atoms with E-state index >= 15 is 0 Å². The largest absolute Gasteiger partial charge is 0.459 e. The molecule has 1 aromatic carbocycles. The average Bonchev–Trinajstić information content (AvgIpc) is 2.67. The number of halogens is 1. The SMILES string of the molecule is OCC1CN(Cc2cc3cccc(Br)c3o2)C1. The number of furan rings is 1. The van der Waals surface area contributed by atoms with Crippen molar-refractivity contribution in [1.29, 1.82) is 0 Å². The van der Waals surface area contributed by atoms with Gasteiger partial charge in [0.2, 0.25) is 0 Å². The van der Waals surface area contributed by atoms with Gasteiger partial charge in [-0.25, -0.2) is 0 Å². The number of hydrogen-bond donors (Lipinski definition) is 1. The van der Waals surface area contributed by atoms with Crippen molar-refractivity contribution in [2.75, 3.05) is 19.7 Å². The molecule has 90 valence electrons. The third-order valence-corrected chi connectivity index (χ3v) is 3.84. The minimum atomic E-state index is 0.294. The van der Waals surface area contributed by atoms with Gasteiger partial charge in [-0.3, -0.25) is 4.90 Å². The smallest absolute Gasteiger partial charge is 0.148 e. The second kappa shape index (κ2) is 4.44. The zero-order valence-electron chi connectivity index (χ0n) is 9.40. The summed E-state index contributed by atoms with van der Waals surface area (Å²) in [4.78, 5) is 2.28. The molecule has 1 saturated heterocycles. The van der Waals surface area contributed by atoms with E-state index in [0.29, 0.717) is 12.5 Å². The number of fused-ring (bicyclic) bond motifs is 1. The molecule has 0 radical (unpaired) electrons. The summed E-state index contributed by atoms with van der Waals surface area (Å²) in [6.45, 7) is 3.06. The molecule has 1 aromatic heterocycles. The molecule has 0 aliphatic carbocycles. The normalized spacial score (nSPS) is 17.5. The van der Waals surface area contributed by atoms with E-state index < -0.39 is 0 Å². The van der Waals surface area contributed by atoms with Gasteiger partial charge >= 0.3 is 0 Å². The Morgan fingerprint density at radius 1 is 1.41 bits per heavy atom. The lowest BCUT2D eigenvalue weighted by Crippen LogP contribution is -2.47. The lowest BCUT2D eigenvalue weighted by atomic mass is 10.0. The molecule has 1 aliphatic rings. The van der Waals surface area contributed by atoms with Crippen molar-refractivity contribution in [2.24, 2.45) is 5.92 Å². The van der Waals surface area contributed by atoms with Gasteiger partial charge in [-0.05, 0) is 28.1 Å². The summed E-state index contributed by atoms with van der Waals surface area (Å²) < 4.78 is 6.82. The van der Waals surface area contributed by atoms with Crippen LogP contribution in [-0.4, -0.2) is 29.7 Å². The highest BCUT2D eigenvalue weighted by Crippen LogP contribution is 2.28. The van der Waals surface area contributed by atoms with Crippen LogP contribution in [0.4, 0.5) is 0 Å². The number of hydrogen-bond acceptors (Lipinski definition) is 3. The number of para-hydroxylation sites is 1. The maximum Gasteiger partial charge on any atom is 0.148 e. The van der Waals surface area contributed by atoms with Gasteiger partial charge in [-0.1, -0.05) is 12.1 Å². The topological polar surface area (TPSA) is 36.6 Å². The molecule has 0 unspecified atom stereocenters. The summed E-state index contributed by atoms with van der Waals surface area (Å²) >= 11 is 3.49. The summed E-state index contributed by atoms with van der Waals surface area (Å²) in [7, 11) is 0. The molecule has 1 aliphatic heterocycles. The zero-order chi connectivity index (χ0) is 11.8. The quantitative estimate of drug-likeness (QED) is 0.946. The van der Waals surface area contributed by atoms with Gasteiger partial charge in [0.15, 0.2) is 0 Å². The molecule has 2 aromatic rings. The second-order valence-electron chi connectivity index (χ2n) is 4.61. The summed E-state index contributed by atoms with van der Waals surface area (Å²) in [5.74, 6) is 1.44. The highest BCUT2D eigenvalue weighted by molar-refractivity contribution is 9.10. The van der Waals surface area contributed by atoms with Gasteiger partial charge in [-0.2, -0.15) is 0 Å². The molecule has 2 heterocycles. The first-order valence-corrected chi connectivity index (χ1v) is 6.55. The monoisotopic (exact) mass is 295 g/mol. The number of rotatable bonds is 3. The summed E-state index contributed by atoms with van der Waals surface area (Å²) in [5, 5.41) is 10.1. The zero-order valence-corrected chi connectivity index (χ0v) is 11.0. The van der Waals surface area contributed by atoms with Crippen LogP contribution in [0.5, 0.6) is 0 Å². The first-order chi connectivity index (χ1) is 8.26. The van der Waals surface area contributed by atoms with Gasteiger partial charge in [0.25, 0.3) is 0 Å². The standard InChI is InChI=1S/C13H14BrNO2/c14-12-3-1-2-10-4-11(17-13(10)12)7-15-5-9(6-15)8-16/h1-4,9,16H,5-8H2. The van der Waals surface area contributed by atoms with Gasteiger partial charge in [0, 0.05) is 31.0 Å². The van der Waals surface area contributed by atoms with E-state index in [2.05, 4.69) is 33.0 Å². The van der Waals surface area contributed by atoms with Gasteiger partial charge in [0.1, 0.15) is 11.3 Å². The lowest BCUT2D eigenvalue weighted by molar-refractivity contribution is 0.0433. The van der Waals surface area contributed by atoms with Crippen molar-refractivity contribution < 1.29 is 9.52 Å². The van der Waals surface area contributed by atoms with Crippen molar-refractivity contribution in [3.63, 3.8) is 0 Å². The van der Waals surface area contributed by atoms with E-state index in [1.165, 1.54) is 0 Å². The van der Waals surface area contributed by atoms with Crippen LogP contribution in [0.25, 0.3) is 11.0 Å². The van der Waals surface area contributed by atoms with Crippen LogP contribution < -0.4 is 0 Å². The molecule has 1 N–H and O–H groups in total. The summed E-state index contributed by atoms with van der Waals surface area (Å²) in [6, 6.07) is 8.14. The fraction of sp³-hybridized carbons (Fsp3) is 0.385. The Bertz CT molecular complexity index is 531. The third kappa shape index (κ3) is 2.12. The Kier molecular flexibility index (Phi) is 2.94. The Hall–Kier alpha value is -0.840. The van der Waals surface area contributed by atoms with Crippen molar-refractivity contribution in [1.82, 2.24) is 4.90 Å². The molecular weight excluding hydrogens is 282 g/mol. The fourth-order valence-electron chi connectivity index (χ4n) is 2.30. The van der Waals surface area contributed by atoms with Crippen LogP contribution in [0.15, 0.2) is 33.2 Å². The molecule has 0 amide bonds. The predicted octanol–water partition coefficient (Wildman–Crippen LogP) is 2.62. The van der Waals surface area contributed by atoms with Crippen LogP contribution in [-0.2, 0) is 6.54 Å². The molecule has 0 atom stereocenters. The predicted molar refractivity (Wildman–Crippen MR) is 69.8 cm³/mol. The highest BCUT2D eigenvalue weighted by Gasteiger charge is 2.26. The molecule has 0 saturated carbocycles. The molecule has 4 heteroatoms. The molecular formula is C13H14BrNO2. The van der Waals surface area contributed by atoms with Crippen LogP contribution in [0.2, 0.25) is 0 Å². The number of likely N-dealkylation sites (tertiary alicyclic amines) is 1. The number of aliphatic hydroxyl groups excluding tert-OH is 1. The lowest BCUT2D eigenvalue weighted by Gasteiger charge is -2.37. The van der Waals surface area contributed by atoms with Gasteiger partial charge in [0.05, 0.1) is 11.0 Å². The Morgan fingerprint density at radius 3 is 2.94 bits per heavy atom. The molecule has 0 spiro atoms. The first kappa shape index (κ1) is 11.3. The minimum Gasteiger partial charge on any atom is -0.459 e. The number of nitrogens with zero attached hydrogens (tertiary/aromatic N) is 1. The first-order valence-electron chi connectivity index (χ1n) is 5.76. The molecule has 17 heavy (non-hydrogen) atoms. The summed E-state index contributed by atoms with van der Waals surface area (Å²) in [6.07, 6.45) is 0. The van der Waals surface area contributed by atoms with E-state index in [-0.39, 0.29) is 0 Å². The Morgan fingerprint density at radius 2 is 2.24 bits per heavy atom. The Balaban J connectivity index is 1.76. The van der Waals surface area contributed by atoms with E-state index in [1.807, 2.05) is 12.1 Å². The van der Waals surface area contributed by atoms with Crippen LogP contribution in [0.3, 0.4) is 0 Å². The summed E-state index contributed by atoms with van der Waals surface area (Å²) in [5.41, 5.74) is 0.918. The van der Waals surface area contributed by atoms with E-state index in [4.69, 9.17) is 9.52 Å². The number of benzene rings is 1. The fourth-order valence-corrected chi connectivity index (χ4v) is 2.76. The minimum absolute atomic E-state index is 0.294. The maximum atomic E-state index is 8.96.